The Morgan fingerprint density at radius 1 is 0.941 bits per heavy atom. The topological polar surface area (TPSA) is 6.48 Å². The van der Waals surface area contributed by atoms with Crippen molar-refractivity contribution >= 4 is 17.2 Å². The fourth-order valence-electron chi connectivity index (χ4n) is 3.01. The van der Waals surface area contributed by atoms with E-state index in [1.54, 1.807) is 0 Å². The number of hydrogen-bond acceptors (Lipinski definition) is 2. The summed E-state index contributed by atoms with van der Waals surface area (Å²) in [6.07, 6.45) is 9.31. The van der Waals surface area contributed by atoms with Gasteiger partial charge in [-0.05, 0) is 52.1 Å². The van der Waals surface area contributed by atoms with Gasteiger partial charge in [0.25, 0.3) is 0 Å². The lowest BCUT2D eigenvalue weighted by atomic mass is 10.1. The molecule has 0 bridgehead atoms. The maximum atomic E-state index is 5.62. The quantitative estimate of drug-likeness (QED) is 0.715. The minimum absolute atomic E-state index is 0.643. The lowest BCUT2D eigenvalue weighted by Gasteiger charge is -2.35. The molecule has 0 amide bonds. The summed E-state index contributed by atoms with van der Waals surface area (Å²) in [5.74, 6) is 0. The molecule has 0 aromatic rings. The molecule has 2 aliphatic heterocycles. The largest absolute Gasteiger partial charge is 0.366 e. The van der Waals surface area contributed by atoms with Gasteiger partial charge in [0.05, 0.1) is 4.99 Å². The number of hydrogen-bond donors (Lipinski definition) is 0. The highest BCUT2D eigenvalue weighted by atomic mass is 32.1. The lowest BCUT2D eigenvalue weighted by Crippen LogP contribution is -2.42. The monoisotopic (exact) mass is 254 g/mol. The standard InChI is InChI=1S/C14H26N2S/c1-13(15-8-4-2-5-9-15)12-14(17)16-10-6-3-7-11-16/h13H,2-12H2,1H3. The normalized spacial score (nSPS) is 24.6. The lowest BCUT2D eigenvalue weighted by molar-refractivity contribution is 0.174. The molecule has 2 fully saturated rings. The zero-order valence-corrected chi connectivity index (χ0v) is 12.0. The summed E-state index contributed by atoms with van der Waals surface area (Å²) in [6, 6.07) is 0.643. The van der Waals surface area contributed by atoms with Crippen molar-refractivity contribution in [2.45, 2.75) is 57.9 Å². The summed E-state index contributed by atoms with van der Waals surface area (Å²) in [5.41, 5.74) is 0. The first kappa shape index (κ1) is 13.3. The second kappa shape index (κ2) is 6.69. The Morgan fingerprint density at radius 2 is 1.47 bits per heavy atom. The van der Waals surface area contributed by atoms with Crippen molar-refractivity contribution in [3.63, 3.8) is 0 Å². The SMILES string of the molecule is CC(CC(=S)N1CCCCC1)N1CCCCC1. The second-order valence-electron chi connectivity index (χ2n) is 5.59. The van der Waals surface area contributed by atoms with Crippen molar-refractivity contribution in [3.8, 4) is 0 Å². The van der Waals surface area contributed by atoms with Crippen molar-refractivity contribution in [2.75, 3.05) is 26.2 Å². The number of rotatable bonds is 3. The van der Waals surface area contributed by atoms with Crippen LogP contribution in [0.5, 0.6) is 0 Å². The van der Waals surface area contributed by atoms with Gasteiger partial charge in [-0.3, -0.25) is 0 Å². The van der Waals surface area contributed by atoms with Crippen LogP contribution in [0.4, 0.5) is 0 Å². The molecule has 0 N–H and O–H groups in total. The average molecular weight is 254 g/mol. The Bertz CT molecular complexity index is 243. The second-order valence-corrected chi connectivity index (χ2v) is 6.06. The number of likely N-dealkylation sites (tertiary alicyclic amines) is 2. The molecule has 0 aromatic heterocycles. The van der Waals surface area contributed by atoms with Crippen LogP contribution in [0.15, 0.2) is 0 Å². The van der Waals surface area contributed by atoms with Gasteiger partial charge < -0.3 is 9.80 Å². The molecular weight excluding hydrogens is 228 g/mol. The van der Waals surface area contributed by atoms with Crippen LogP contribution in [0, 0.1) is 0 Å². The zero-order chi connectivity index (χ0) is 12.1. The Labute approximate surface area is 111 Å². The average Bonchev–Trinajstić information content (AvgIpc) is 2.40. The summed E-state index contributed by atoms with van der Waals surface area (Å²) in [4.78, 5) is 6.28. The molecule has 98 valence electrons. The molecule has 3 heteroatoms. The van der Waals surface area contributed by atoms with E-state index < -0.39 is 0 Å². The van der Waals surface area contributed by atoms with Crippen LogP contribution in [0.1, 0.15) is 51.9 Å². The molecule has 2 saturated heterocycles. The minimum Gasteiger partial charge on any atom is -0.366 e. The van der Waals surface area contributed by atoms with E-state index in [1.165, 1.54) is 69.7 Å². The van der Waals surface area contributed by atoms with E-state index in [4.69, 9.17) is 12.2 Å². The summed E-state index contributed by atoms with van der Waals surface area (Å²) < 4.78 is 0. The first-order chi connectivity index (χ1) is 8.27. The van der Waals surface area contributed by atoms with Gasteiger partial charge in [0, 0.05) is 25.6 Å². The van der Waals surface area contributed by atoms with Crippen molar-refractivity contribution in [1.29, 1.82) is 0 Å². The molecule has 0 aliphatic carbocycles. The summed E-state index contributed by atoms with van der Waals surface area (Å²) >= 11 is 5.62. The van der Waals surface area contributed by atoms with Gasteiger partial charge in [-0.25, -0.2) is 0 Å². The Kier molecular flexibility index (Phi) is 5.23. The molecule has 2 aliphatic rings. The van der Waals surface area contributed by atoms with Crippen LogP contribution in [-0.4, -0.2) is 47.0 Å². The first-order valence-electron chi connectivity index (χ1n) is 7.29. The van der Waals surface area contributed by atoms with Gasteiger partial charge in [-0.2, -0.15) is 0 Å². The maximum absolute atomic E-state index is 5.62. The van der Waals surface area contributed by atoms with E-state index in [0.717, 1.165) is 6.42 Å². The molecule has 0 saturated carbocycles. The summed E-state index contributed by atoms with van der Waals surface area (Å²) in [7, 11) is 0. The highest BCUT2D eigenvalue weighted by Gasteiger charge is 2.20. The maximum Gasteiger partial charge on any atom is 0.0794 e. The fraction of sp³-hybridized carbons (Fsp3) is 0.929. The van der Waals surface area contributed by atoms with E-state index in [2.05, 4.69) is 16.7 Å². The van der Waals surface area contributed by atoms with Crippen molar-refractivity contribution in [3.05, 3.63) is 0 Å². The summed E-state index contributed by atoms with van der Waals surface area (Å²) in [5, 5.41) is 0. The number of thiocarbonyl (C=S) groups is 1. The van der Waals surface area contributed by atoms with Crippen molar-refractivity contribution in [1.82, 2.24) is 9.80 Å². The molecule has 0 radical (unpaired) electrons. The van der Waals surface area contributed by atoms with Gasteiger partial charge in [0.1, 0.15) is 0 Å². The fourth-order valence-corrected chi connectivity index (χ4v) is 3.44. The zero-order valence-electron chi connectivity index (χ0n) is 11.2. The van der Waals surface area contributed by atoms with Crippen LogP contribution in [-0.2, 0) is 0 Å². The van der Waals surface area contributed by atoms with Crippen LogP contribution in [0.3, 0.4) is 0 Å². The van der Waals surface area contributed by atoms with Gasteiger partial charge in [0.15, 0.2) is 0 Å². The Balaban J connectivity index is 1.76. The van der Waals surface area contributed by atoms with Crippen LogP contribution in [0.2, 0.25) is 0 Å². The van der Waals surface area contributed by atoms with E-state index in [1.807, 2.05) is 0 Å². The molecule has 2 rings (SSSR count). The molecule has 1 atom stereocenters. The molecule has 17 heavy (non-hydrogen) atoms. The minimum atomic E-state index is 0.643. The third-order valence-corrected chi connectivity index (χ3v) is 4.62. The Morgan fingerprint density at radius 3 is 2.06 bits per heavy atom. The molecule has 2 nitrogen and oxygen atoms in total. The van der Waals surface area contributed by atoms with Crippen molar-refractivity contribution < 1.29 is 0 Å². The highest BCUT2D eigenvalue weighted by molar-refractivity contribution is 7.80. The smallest absolute Gasteiger partial charge is 0.0794 e. The molecule has 0 spiro atoms. The predicted molar refractivity (Wildman–Crippen MR) is 77.5 cm³/mol. The van der Waals surface area contributed by atoms with Crippen LogP contribution in [0.25, 0.3) is 0 Å². The van der Waals surface area contributed by atoms with Crippen molar-refractivity contribution in [2.24, 2.45) is 0 Å². The predicted octanol–water partition coefficient (Wildman–Crippen LogP) is 3.06. The Hall–Kier alpha value is -0.150. The third-order valence-electron chi connectivity index (χ3n) is 4.19. The molecular formula is C14H26N2S. The number of nitrogens with zero attached hydrogens (tertiary/aromatic N) is 2. The summed E-state index contributed by atoms with van der Waals surface area (Å²) in [6.45, 7) is 7.31. The van der Waals surface area contributed by atoms with Gasteiger partial charge >= 0.3 is 0 Å². The van der Waals surface area contributed by atoms with Crippen LogP contribution < -0.4 is 0 Å². The first-order valence-corrected chi connectivity index (χ1v) is 7.70. The number of piperidine rings is 2. The van der Waals surface area contributed by atoms with E-state index in [0.29, 0.717) is 6.04 Å². The van der Waals surface area contributed by atoms with Gasteiger partial charge in [-0.15, -0.1) is 0 Å². The molecule has 2 heterocycles. The molecule has 0 aromatic carbocycles. The van der Waals surface area contributed by atoms with Gasteiger partial charge in [-0.1, -0.05) is 18.6 Å². The van der Waals surface area contributed by atoms with Crippen LogP contribution >= 0.6 is 12.2 Å². The highest BCUT2D eigenvalue weighted by Crippen LogP contribution is 2.17. The molecule has 1 unspecified atom stereocenters. The third kappa shape index (κ3) is 3.92. The van der Waals surface area contributed by atoms with E-state index >= 15 is 0 Å². The van der Waals surface area contributed by atoms with Gasteiger partial charge in [0.2, 0.25) is 0 Å². The van der Waals surface area contributed by atoms with E-state index in [9.17, 15) is 0 Å². The van der Waals surface area contributed by atoms with E-state index in [-0.39, 0.29) is 0 Å².